The molecule has 2 aromatic heterocycles. The van der Waals surface area contributed by atoms with Crippen LogP contribution in [0.25, 0.3) is 75.1 Å². The average molecular weight is 644 g/mol. The van der Waals surface area contributed by atoms with Crippen molar-refractivity contribution in [3.63, 3.8) is 0 Å². The first-order valence-corrected chi connectivity index (χ1v) is 17.4. The number of thiophene rings is 1. The standard InChI is InChI=1S/C46H29NOS/c1-2-10-30(11-3-1)31-20-23-35(24-21-31)47(37-25-22-32-29-45-41(28-34(32)27-37)39-14-5-7-19-44(39)49-45)36-13-8-12-33(26-36)38-16-9-18-43-46(38)40-15-4-6-17-42(40)48-43/h1-29H. The predicted molar refractivity (Wildman–Crippen MR) is 210 cm³/mol. The molecule has 0 spiro atoms. The summed E-state index contributed by atoms with van der Waals surface area (Å²) in [5.41, 5.74) is 9.83. The van der Waals surface area contributed by atoms with Gasteiger partial charge in [-0.1, -0.05) is 109 Å². The van der Waals surface area contributed by atoms with Crippen molar-refractivity contribution >= 4 is 81.3 Å². The highest BCUT2D eigenvalue weighted by atomic mass is 32.1. The molecule has 0 amide bonds. The van der Waals surface area contributed by atoms with Gasteiger partial charge >= 0.3 is 0 Å². The highest BCUT2D eigenvalue weighted by Crippen LogP contribution is 2.43. The number of anilines is 3. The number of hydrogen-bond donors (Lipinski definition) is 0. The Balaban J connectivity index is 1.15. The smallest absolute Gasteiger partial charge is 0.136 e. The van der Waals surface area contributed by atoms with Crippen molar-refractivity contribution in [2.45, 2.75) is 0 Å². The van der Waals surface area contributed by atoms with Gasteiger partial charge in [-0.25, -0.2) is 0 Å². The Morgan fingerprint density at radius 2 is 1.08 bits per heavy atom. The van der Waals surface area contributed by atoms with Crippen molar-refractivity contribution in [3.8, 4) is 22.3 Å². The predicted octanol–water partition coefficient (Wildman–Crippen LogP) is 13.9. The van der Waals surface area contributed by atoms with Crippen LogP contribution in [0.3, 0.4) is 0 Å². The third-order valence-corrected chi connectivity index (χ3v) is 10.8. The van der Waals surface area contributed by atoms with E-state index in [0.717, 1.165) is 50.1 Å². The molecular formula is C46H29NOS. The number of furan rings is 1. The summed E-state index contributed by atoms with van der Waals surface area (Å²) >= 11 is 1.86. The molecule has 0 aliphatic heterocycles. The van der Waals surface area contributed by atoms with Gasteiger partial charge in [-0.05, 0) is 99.8 Å². The third-order valence-electron chi connectivity index (χ3n) is 9.63. The van der Waals surface area contributed by atoms with Crippen LogP contribution in [0.5, 0.6) is 0 Å². The summed E-state index contributed by atoms with van der Waals surface area (Å²) in [6.07, 6.45) is 0. The summed E-state index contributed by atoms with van der Waals surface area (Å²) in [4.78, 5) is 2.38. The lowest BCUT2D eigenvalue weighted by molar-refractivity contribution is 0.669. The van der Waals surface area contributed by atoms with Crippen LogP contribution < -0.4 is 4.90 Å². The fraction of sp³-hybridized carbons (Fsp3) is 0. The zero-order valence-corrected chi connectivity index (χ0v) is 27.3. The molecular weight excluding hydrogens is 615 g/mol. The Kier molecular flexibility index (Phi) is 6.39. The minimum absolute atomic E-state index is 0.902. The quantitative estimate of drug-likeness (QED) is 0.186. The first kappa shape index (κ1) is 27.9. The lowest BCUT2D eigenvalue weighted by atomic mass is 9.98. The molecule has 0 radical (unpaired) electrons. The van der Waals surface area contributed by atoms with Crippen LogP contribution in [0.2, 0.25) is 0 Å². The van der Waals surface area contributed by atoms with E-state index in [-0.39, 0.29) is 0 Å². The van der Waals surface area contributed by atoms with Gasteiger partial charge in [-0.2, -0.15) is 0 Å². The molecule has 8 aromatic carbocycles. The normalized spacial score (nSPS) is 11.7. The molecule has 0 bridgehead atoms. The largest absolute Gasteiger partial charge is 0.456 e. The Bertz CT molecular complexity index is 2830. The van der Waals surface area contributed by atoms with Gasteiger partial charge in [0.25, 0.3) is 0 Å². The van der Waals surface area contributed by atoms with Crippen molar-refractivity contribution in [1.82, 2.24) is 0 Å². The van der Waals surface area contributed by atoms with Gasteiger partial charge in [0.2, 0.25) is 0 Å². The minimum Gasteiger partial charge on any atom is -0.456 e. The van der Waals surface area contributed by atoms with Gasteiger partial charge in [-0.3, -0.25) is 0 Å². The maximum atomic E-state index is 6.26. The molecule has 0 atom stereocenters. The molecule has 2 heterocycles. The zero-order valence-electron chi connectivity index (χ0n) is 26.5. The second-order valence-electron chi connectivity index (χ2n) is 12.6. The molecule has 0 saturated heterocycles. The molecule has 0 fully saturated rings. The van der Waals surface area contributed by atoms with Gasteiger partial charge in [0.15, 0.2) is 0 Å². The topological polar surface area (TPSA) is 16.4 Å². The first-order valence-electron chi connectivity index (χ1n) is 16.6. The monoisotopic (exact) mass is 643 g/mol. The number of hydrogen-bond acceptors (Lipinski definition) is 3. The van der Waals surface area contributed by atoms with E-state index in [1.165, 1.54) is 42.1 Å². The second kappa shape index (κ2) is 11.2. The van der Waals surface area contributed by atoms with Crippen LogP contribution in [0.4, 0.5) is 17.1 Å². The molecule has 2 nitrogen and oxygen atoms in total. The summed E-state index contributed by atoms with van der Waals surface area (Å²) in [5, 5.41) is 7.38. The van der Waals surface area contributed by atoms with Gasteiger partial charge < -0.3 is 9.32 Å². The summed E-state index contributed by atoms with van der Waals surface area (Å²) in [6, 6.07) is 63.3. The van der Waals surface area contributed by atoms with Crippen molar-refractivity contribution in [2.75, 3.05) is 4.90 Å². The summed E-state index contributed by atoms with van der Waals surface area (Å²) < 4.78 is 8.91. The molecule has 3 heteroatoms. The fourth-order valence-electron chi connectivity index (χ4n) is 7.30. The van der Waals surface area contributed by atoms with Crippen LogP contribution in [-0.4, -0.2) is 0 Å². The van der Waals surface area contributed by atoms with E-state index in [2.05, 4.69) is 169 Å². The van der Waals surface area contributed by atoms with E-state index in [9.17, 15) is 0 Å². The zero-order chi connectivity index (χ0) is 32.3. The molecule has 0 aliphatic rings. The Morgan fingerprint density at radius 3 is 1.98 bits per heavy atom. The number of fused-ring (bicyclic) bond motifs is 7. The molecule has 49 heavy (non-hydrogen) atoms. The number of nitrogens with zero attached hydrogens (tertiary/aromatic N) is 1. The van der Waals surface area contributed by atoms with E-state index in [0.29, 0.717) is 0 Å². The van der Waals surface area contributed by atoms with E-state index < -0.39 is 0 Å². The van der Waals surface area contributed by atoms with Crippen molar-refractivity contribution < 1.29 is 4.42 Å². The molecule has 10 aromatic rings. The number of rotatable bonds is 5. The number of benzene rings is 8. The number of para-hydroxylation sites is 1. The van der Waals surface area contributed by atoms with Crippen LogP contribution in [0.15, 0.2) is 180 Å². The lowest BCUT2D eigenvalue weighted by Gasteiger charge is -2.26. The molecule has 0 aliphatic carbocycles. The van der Waals surface area contributed by atoms with Gasteiger partial charge in [0.1, 0.15) is 11.2 Å². The molecule has 10 rings (SSSR count). The van der Waals surface area contributed by atoms with Crippen LogP contribution in [0.1, 0.15) is 0 Å². The third kappa shape index (κ3) is 4.70. The molecule has 230 valence electrons. The van der Waals surface area contributed by atoms with E-state index in [1.807, 2.05) is 23.5 Å². The highest BCUT2D eigenvalue weighted by molar-refractivity contribution is 7.25. The van der Waals surface area contributed by atoms with E-state index in [1.54, 1.807) is 0 Å². The molecule has 0 N–H and O–H groups in total. The Labute approximate surface area is 287 Å². The van der Waals surface area contributed by atoms with Crippen molar-refractivity contribution in [1.29, 1.82) is 0 Å². The summed E-state index contributed by atoms with van der Waals surface area (Å²) in [7, 11) is 0. The van der Waals surface area contributed by atoms with E-state index in [4.69, 9.17) is 4.42 Å². The first-order chi connectivity index (χ1) is 24.3. The highest BCUT2D eigenvalue weighted by Gasteiger charge is 2.17. The van der Waals surface area contributed by atoms with Gasteiger partial charge in [-0.15, -0.1) is 11.3 Å². The summed E-state index contributed by atoms with van der Waals surface area (Å²) in [5.74, 6) is 0. The SMILES string of the molecule is c1ccc(-c2ccc(N(c3cccc(-c4cccc5oc6ccccc6c45)c3)c3ccc4cc5sc6ccccc6c5cc4c3)cc2)cc1. The average Bonchev–Trinajstić information content (AvgIpc) is 3.73. The maximum Gasteiger partial charge on any atom is 0.136 e. The molecule has 0 saturated carbocycles. The summed E-state index contributed by atoms with van der Waals surface area (Å²) in [6.45, 7) is 0. The van der Waals surface area contributed by atoms with Gasteiger partial charge in [0.05, 0.1) is 0 Å². The fourth-order valence-corrected chi connectivity index (χ4v) is 8.44. The van der Waals surface area contributed by atoms with E-state index >= 15 is 0 Å². The molecule has 0 unspecified atom stereocenters. The minimum atomic E-state index is 0.902. The van der Waals surface area contributed by atoms with Crippen LogP contribution in [0, 0.1) is 0 Å². The van der Waals surface area contributed by atoms with Crippen LogP contribution in [-0.2, 0) is 0 Å². The Morgan fingerprint density at radius 1 is 0.388 bits per heavy atom. The van der Waals surface area contributed by atoms with Crippen LogP contribution >= 0.6 is 11.3 Å². The van der Waals surface area contributed by atoms with Gasteiger partial charge in [0, 0.05) is 48.0 Å². The van der Waals surface area contributed by atoms with Crippen molar-refractivity contribution in [3.05, 3.63) is 176 Å². The lowest BCUT2D eigenvalue weighted by Crippen LogP contribution is -2.10. The second-order valence-corrected chi connectivity index (χ2v) is 13.6. The Hall–Kier alpha value is -6.16. The van der Waals surface area contributed by atoms with Crippen molar-refractivity contribution in [2.24, 2.45) is 0 Å². The maximum absolute atomic E-state index is 6.26.